The summed E-state index contributed by atoms with van der Waals surface area (Å²) in [6, 6.07) is 7.88. The first kappa shape index (κ1) is 14.8. The maximum Gasteiger partial charge on any atom is 0.208 e. The monoisotopic (exact) mass is 323 g/mol. The lowest BCUT2D eigenvalue weighted by molar-refractivity contribution is 0.0893. The molecule has 1 aromatic carbocycles. The maximum absolute atomic E-state index is 5.90. The lowest BCUT2D eigenvalue weighted by Crippen LogP contribution is -2.39. The van der Waals surface area contributed by atoms with Crippen LogP contribution in [0.1, 0.15) is 23.4 Å². The third-order valence-corrected chi connectivity index (χ3v) is 4.94. The van der Waals surface area contributed by atoms with Crippen LogP contribution in [0.3, 0.4) is 0 Å². The zero-order valence-corrected chi connectivity index (χ0v) is 13.5. The van der Waals surface area contributed by atoms with Crippen molar-refractivity contribution in [2.24, 2.45) is 0 Å². The molecular weight excluding hydrogens is 306 g/mol. The SMILES string of the molecule is COC1CCCN(c2nnc(Cc3ccc(Cl)cc3)s2)C1. The summed E-state index contributed by atoms with van der Waals surface area (Å²) in [4.78, 5) is 2.28. The van der Waals surface area contributed by atoms with E-state index in [1.54, 1.807) is 18.4 Å². The first-order chi connectivity index (χ1) is 10.2. The normalized spacial score (nSPS) is 19.0. The third-order valence-electron chi connectivity index (χ3n) is 3.71. The fourth-order valence-electron chi connectivity index (χ4n) is 2.53. The van der Waals surface area contributed by atoms with Gasteiger partial charge in [0, 0.05) is 31.6 Å². The van der Waals surface area contributed by atoms with E-state index in [4.69, 9.17) is 16.3 Å². The van der Waals surface area contributed by atoms with E-state index in [1.807, 2.05) is 24.3 Å². The Hall–Kier alpha value is -1.17. The Labute approximate surface area is 133 Å². The molecule has 1 aromatic heterocycles. The minimum Gasteiger partial charge on any atom is -0.380 e. The van der Waals surface area contributed by atoms with Crippen LogP contribution in [0.4, 0.5) is 5.13 Å². The Bertz CT molecular complexity index is 587. The van der Waals surface area contributed by atoms with E-state index < -0.39 is 0 Å². The molecule has 1 aliphatic heterocycles. The topological polar surface area (TPSA) is 38.2 Å². The summed E-state index contributed by atoms with van der Waals surface area (Å²) in [5, 5.41) is 11.4. The van der Waals surface area contributed by atoms with Crippen LogP contribution in [0, 0.1) is 0 Å². The Kier molecular flexibility index (Phi) is 4.73. The number of methoxy groups -OCH3 is 1. The molecule has 112 valence electrons. The van der Waals surface area contributed by atoms with E-state index in [9.17, 15) is 0 Å². The summed E-state index contributed by atoms with van der Waals surface area (Å²) in [6.07, 6.45) is 3.38. The Balaban J connectivity index is 1.67. The van der Waals surface area contributed by atoms with Crippen LogP contribution in [0.25, 0.3) is 0 Å². The van der Waals surface area contributed by atoms with E-state index in [1.165, 1.54) is 5.56 Å². The van der Waals surface area contributed by atoms with Crippen molar-refractivity contribution in [1.82, 2.24) is 10.2 Å². The standard InChI is InChI=1S/C15H18ClN3OS/c1-20-13-3-2-8-19(10-13)15-18-17-14(21-15)9-11-4-6-12(16)7-5-11/h4-7,13H,2-3,8-10H2,1H3. The zero-order valence-electron chi connectivity index (χ0n) is 12.0. The number of piperidine rings is 1. The van der Waals surface area contributed by atoms with Crippen LogP contribution >= 0.6 is 22.9 Å². The van der Waals surface area contributed by atoms with Gasteiger partial charge in [0.15, 0.2) is 0 Å². The number of nitrogens with zero attached hydrogens (tertiary/aromatic N) is 3. The first-order valence-corrected chi connectivity index (χ1v) is 8.28. The molecule has 0 bridgehead atoms. The Morgan fingerprint density at radius 2 is 2.14 bits per heavy atom. The maximum atomic E-state index is 5.90. The molecule has 21 heavy (non-hydrogen) atoms. The Morgan fingerprint density at radius 1 is 1.33 bits per heavy atom. The van der Waals surface area contributed by atoms with Crippen LogP contribution in [0.5, 0.6) is 0 Å². The summed E-state index contributed by atoms with van der Waals surface area (Å²) in [6.45, 7) is 1.95. The fraction of sp³-hybridized carbons (Fsp3) is 0.467. The van der Waals surface area contributed by atoms with Gasteiger partial charge in [0.25, 0.3) is 0 Å². The molecule has 6 heteroatoms. The van der Waals surface area contributed by atoms with Crippen molar-refractivity contribution in [3.8, 4) is 0 Å². The highest BCUT2D eigenvalue weighted by molar-refractivity contribution is 7.15. The highest BCUT2D eigenvalue weighted by Gasteiger charge is 2.22. The molecule has 1 aliphatic rings. The minimum atomic E-state index is 0.308. The summed E-state index contributed by atoms with van der Waals surface area (Å²) >= 11 is 7.57. The molecule has 0 amide bonds. The average Bonchev–Trinajstić information content (AvgIpc) is 2.98. The average molecular weight is 324 g/mol. The van der Waals surface area contributed by atoms with Gasteiger partial charge in [0.2, 0.25) is 5.13 Å². The van der Waals surface area contributed by atoms with Crippen molar-refractivity contribution < 1.29 is 4.74 Å². The van der Waals surface area contributed by atoms with Crippen LogP contribution in [0.15, 0.2) is 24.3 Å². The number of hydrogen-bond donors (Lipinski definition) is 0. The molecule has 0 radical (unpaired) electrons. The molecule has 0 spiro atoms. The van der Waals surface area contributed by atoms with Crippen LogP contribution in [-0.2, 0) is 11.2 Å². The molecule has 1 saturated heterocycles. The van der Waals surface area contributed by atoms with Crippen molar-refractivity contribution >= 4 is 28.1 Å². The van der Waals surface area contributed by atoms with Gasteiger partial charge in [0.1, 0.15) is 5.01 Å². The van der Waals surface area contributed by atoms with Crippen molar-refractivity contribution in [1.29, 1.82) is 0 Å². The molecule has 3 rings (SSSR count). The molecule has 1 atom stereocenters. The summed E-state index contributed by atoms with van der Waals surface area (Å²) in [5.41, 5.74) is 1.20. The number of anilines is 1. The van der Waals surface area contributed by atoms with Gasteiger partial charge in [-0.1, -0.05) is 35.1 Å². The predicted octanol–water partition coefficient (Wildman–Crippen LogP) is 3.40. The first-order valence-electron chi connectivity index (χ1n) is 7.09. The molecule has 2 aromatic rings. The van der Waals surface area contributed by atoms with Gasteiger partial charge in [-0.15, -0.1) is 10.2 Å². The second-order valence-electron chi connectivity index (χ2n) is 5.23. The minimum absolute atomic E-state index is 0.308. The lowest BCUT2D eigenvalue weighted by atomic mass is 10.1. The van der Waals surface area contributed by atoms with Gasteiger partial charge in [-0.25, -0.2) is 0 Å². The highest BCUT2D eigenvalue weighted by atomic mass is 35.5. The van der Waals surface area contributed by atoms with Crippen molar-refractivity contribution in [3.63, 3.8) is 0 Å². The number of ether oxygens (including phenoxy) is 1. The molecule has 1 unspecified atom stereocenters. The number of halogens is 1. The van der Waals surface area contributed by atoms with Gasteiger partial charge in [-0.2, -0.15) is 0 Å². The quantitative estimate of drug-likeness (QED) is 0.864. The van der Waals surface area contributed by atoms with Crippen LogP contribution < -0.4 is 4.90 Å². The number of benzene rings is 1. The highest BCUT2D eigenvalue weighted by Crippen LogP contribution is 2.26. The van der Waals surface area contributed by atoms with E-state index in [-0.39, 0.29) is 0 Å². The van der Waals surface area contributed by atoms with Crippen molar-refractivity contribution in [2.75, 3.05) is 25.1 Å². The van der Waals surface area contributed by atoms with Gasteiger partial charge in [0.05, 0.1) is 6.10 Å². The smallest absolute Gasteiger partial charge is 0.208 e. The van der Waals surface area contributed by atoms with Gasteiger partial charge < -0.3 is 9.64 Å². The van der Waals surface area contributed by atoms with Crippen molar-refractivity contribution in [3.05, 3.63) is 39.9 Å². The Morgan fingerprint density at radius 3 is 2.90 bits per heavy atom. The third kappa shape index (κ3) is 3.73. The van der Waals surface area contributed by atoms with E-state index >= 15 is 0 Å². The van der Waals surface area contributed by atoms with E-state index in [2.05, 4.69) is 15.1 Å². The summed E-state index contributed by atoms with van der Waals surface area (Å²) in [5.74, 6) is 0. The molecular formula is C15H18ClN3OS. The summed E-state index contributed by atoms with van der Waals surface area (Å²) < 4.78 is 5.46. The van der Waals surface area contributed by atoms with E-state index in [0.717, 1.165) is 47.5 Å². The van der Waals surface area contributed by atoms with Gasteiger partial charge >= 0.3 is 0 Å². The van der Waals surface area contributed by atoms with Crippen LogP contribution in [-0.4, -0.2) is 36.5 Å². The molecule has 1 fully saturated rings. The second kappa shape index (κ2) is 6.73. The molecule has 0 N–H and O–H groups in total. The molecule has 0 aliphatic carbocycles. The van der Waals surface area contributed by atoms with Gasteiger partial charge in [-0.05, 0) is 30.5 Å². The number of hydrogen-bond acceptors (Lipinski definition) is 5. The lowest BCUT2D eigenvalue weighted by Gasteiger charge is -2.31. The van der Waals surface area contributed by atoms with Gasteiger partial charge in [-0.3, -0.25) is 0 Å². The number of aromatic nitrogens is 2. The largest absolute Gasteiger partial charge is 0.380 e. The van der Waals surface area contributed by atoms with Crippen molar-refractivity contribution in [2.45, 2.75) is 25.4 Å². The summed E-state index contributed by atoms with van der Waals surface area (Å²) in [7, 11) is 1.78. The fourth-order valence-corrected chi connectivity index (χ4v) is 3.56. The predicted molar refractivity (Wildman–Crippen MR) is 86.4 cm³/mol. The second-order valence-corrected chi connectivity index (χ2v) is 6.70. The molecule has 2 heterocycles. The molecule has 0 saturated carbocycles. The zero-order chi connectivity index (χ0) is 14.7. The van der Waals surface area contributed by atoms with E-state index in [0.29, 0.717) is 6.10 Å². The molecule has 4 nitrogen and oxygen atoms in total. The number of rotatable bonds is 4. The van der Waals surface area contributed by atoms with Crippen LogP contribution in [0.2, 0.25) is 5.02 Å².